The standard InChI is InChI=1S/C19H22N4O2S/c1-11(2)12-5-15(18-20-3-4-26-18)17-16(6-12)22-19(25-17)23-8-13-10-24-14(9-23)7-21-13/h3-6,11,13-14,21H,7-10H2,1-2H3. The summed E-state index contributed by atoms with van der Waals surface area (Å²) in [6.45, 7) is 7.70. The molecule has 2 atom stereocenters. The molecule has 0 aliphatic carbocycles. The molecular weight excluding hydrogens is 348 g/mol. The largest absolute Gasteiger partial charge is 0.423 e. The highest BCUT2D eigenvalue weighted by atomic mass is 32.1. The van der Waals surface area contributed by atoms with Gasteiger partial charge >= 0.3 is 0 Å². The number of nitrogens with zero attached hydrogens (tertiary/aromatic N) is 3. The van der Waals surface area contributed by atoms with Crippen LogP contribution in [-0.4, -0.2) is 48.4 Å². The zero-order chi connectivity index (χ0) is 17.7. The normalized spacial score (nSPS) is 23.1. The quantitative estimate of drug-likeness (QED) is 0.764. The van der Waals surface area contributed by atoms with E-state index >= 15 is 0 Å². The molecule has 5 heterocycles. The fraction of sp³-hybridized carbons (Fsp3) is 0.474. The minimum absolute atomic E-state index is 0.188. The maximum absolute atomic E-state index is 6.28. The number of fused-ring (bicyclic) bond motifs is 5. The molecule has 3 fully saturated rings. The first-order valence-electron chi connectivity index (χ1n) is 9.11. The lowest BCUT2D eigenvalue weighted by atomic mass is 10.00. The Hall–Kier alpha value is -1.96. The van der Waals surface area contributed by atoms with Gasteiger partial charge in [-0.3, -0.25) is 0 Å². The molecule has 0 saturated carbocycles. The van der Waals surface area contributed by atoms with E-state index in [2.05, 4.69) is 41.2 Å². The van der Waals surface area contributed by atoms with Crippen molar-refractivity contribution in [3.8, 4) is 10.6 Å². The van der Waals surface area contributed by atoms with Crippen LogP contribution < -0.4 is 10.2 Å². The zero-order valence-electron chi connectivity index (χ0n) is 14.9. The van der Waals surface area contributed by atoms with Crippen molar-refractivity contribution < 1.29 is 9.15 Å². The Morgan fingerprint density at radius 3 is 2.96 bits per heavy atom. The minimum Gasteiger partial charge on any atom is -0.423 e. The average Bonchev–Trinajstić information content (AvgIpc) is 3.23. The maximum Gasteiger partial charge on any atom is 0.298 e. The number of anilines is 1. The Labute approximate surface area is 156 Å². The average molecular weight is 370 g/mol. The first-order valence-corrected chi connectivity index (χ1v) is 9.99. The summed E-state index contributed by atoms with van der Waals surface area (Å²) in [5.41, 5.74) is 4.02. The molecule has 2 aromatic heterocycles. The molecule has 0 amide bonds. The number of benzene rings is 1. The van der Waals surface area contributed by atoms with Crippen molar-refractivity contribution in [1.29, 1.82) is 0 Å². The zero-order valence-corrected chi connectivity index (χ0v) is 15.8. The van der Waals surface area contributed by atoms with Crippen molar-refractivity contribution in [2.45, 2.75) is 31.9 Å². The Bertz CT molecular complexity index is 899. The second kappa shape index (κ2) is 6.33. The molecular formula is C19H22N4O2S. The number of ether oxygens (including phenoxy) is 1. The van der Waals surface area contributed by atoms with Gasteiger partial charge in [-0.1, -0.05) is 13.8 Å². The highest BCUT2D eigenvalue weighted by Crippen LogP contribution is 2.36. The summed E-state index contributed by atoms with van der Waals surface area (Å²) in [4.78, 5) is 11.5. The SMILES string of the molecule is CC(C)c1cc(-c2nccs2)c2oc(N3CC4COC(CN4)C3)nc2c1. The van der Waals surface area contributed by atoms with E-state index in [1.165, 1.54) is 5.56 Å². The second-order valence-corrected chi connectivity index (χ2v) is 8.27. The van der Waals surface area contributed by atoms with Gasteiger partial charge in [0.25, 0.3) is 6.01 Å². The Balaban J connectivity index is 1.61. The number of hydrogen-bond donors (Lipinski definition) is 1. The molecule has 6 rings (SSSR count). The molecule has 2 unspecified atom stereocenters. The van der Waals surface area contributed by atoms with Gasteiger partial charge in [-0.2, -0.15) is 4.98 Å². The van der Waals surface area contributed by atoms with E-state index in [1.54, 1.807) is 11.3 Å². The van der Waals surface area contributed by atoms with Crippen LogP contribution in [-0.2, 0) is 4.74 Å². The van der Waals surface area contributed by atoms with E-state index in [9.17, 15) is 0 Å². The predicted molar refractivity (Wildman–Crippen MR) is 103 cm³/mol. The summed E-state index contributed by atoms with van der Waals surface area (Å²) in [7, 11) is 0. The summed E-state index contributed by atoms with van der Waals surface area (Å²) < 4.78 is 12.2. The molecule has 26 heavy (non-hydrogen) atoms. The molecule has 0 radical (unpaired) electrons. The van der Waals surface area contributed by atoms with Gasteiger partial charge in [0, 0.05) is 37.3 Å². The highest BCUT2D eigenvalue weighted by Gasteiger charge is 2.32. The number of thiazole rings is 1. The van der Waals surface area contributed by atoms with Crippen LogP contribution in [0, 0.1) is 0 Å². The summed E-state index contributed by atoms with van der Waals surface area (Å²) in [5, 5.41) is 6.50. The van der Waals surface area contributed by atoms with Crippen molar-refractivity contribution >= 4 is 28.5 Å². The highest BCUT2D eigenvalue weighted by molar-refractivity contribution is 7.13. The maximum atomic E-state index is 6.28. The van der Waals surface area contributed by atoms with Crippen molar-refractivity contribution in [1.82, 2.24) is 15.3 Å². The fourth-order valence-electron chi connectivity index (χ4n) is 3.67. The monoisotopic (exact) mass is 370 g/mol. The summed E-state index contributed by atoms with van der Waals surface area (Å²) in [6, 6.07) is 5.35. The third-order valence-electron chi connectivity index (χ3n) is 5.13. The van der Waals surface area contributed by atoms with Crippen molar-refractivity contribution in [3.05, 3.63) is 29.3 Å². The van der Waals surface area contributed by atoms with Gasteiger partial charge in [-0.15, -0.1) is 11.3 Å². The lowest BCUT2D eigenvalue weighted by molar-refractivity contribution is 0.0258. The van der Waals surface area contributed by atoms with Crippen LogP contribution in [0.1, 0.15) is 25.3 Å². The van der Waals surface area contributed by atoms with Gasteiger partial charge in [-0.25, -0.2) is 4.98 Å². The first kappa shape index (κ1) is 16.2. The molecule has 7 heteroatoms. The van der Waals surface area contributed by atoms with Crippen molar-refractivity contribution in [3.63, 3.8) is 0 Å². The van der Waals surface area contributed by atoms with Crippen LogP contribution in [0.25, 0.3) is 21.7 Å². The smallest absolute Gasteiger partial charge is 0.298 e. The van der Waals surface area contributed by atoms with Gasteiger partial charge in [0.15, 0.2) is 5.58 Å². The van der Waals surface area contributed by atoms with E-state index in [0.717, 1.165) is 47.9 Å². The number of nitrogens with one attached hydrogen (secondary N) is 1. The number of morpholine rings is 1. The molecule has 3 aliphatic heterocycles. The number of oxazole rings is 1. The van der Waals surface area contributed by atoms with Crippen LogP contribution in [0.5, 0.6) is 0 Å². The van der Waals surface area contributed by atoms with Gasteiger partial charge in [-0.05, 0) is 23.6 Å². The Morgan fingerprint density at radius 1 is 1.31 bits per heavy atom. The fourth-order valence-corrected chi connectivity index (χ4v) is 4.32. The summed E-state index contributed by atoms with van der Waals surface area (Å²) >= 11 is 1.63. The molecule has 2 bridgehead atoms. The molecule has 1 N–H and O–H groups in total. The predicted octanol–water partition coefficient (Wildman–Crippen LogP) is 3.25. The molecule has 1 aromatic carbocycles. The third kappa shape index (κ3) is 2.80. The minimum atomic E-state index is 0.188. The number of hydrogen-bond acceptors (Lipinski definition) is 7. The van der Waals surface area contributed by atoms with E-state index in [1.807, 2.05) is 11.6 Å². The van der Waals surface area contributed by atoms with E-state index in [-0.39, 0.29) is 6.10 Å². The van der Waals surface area contributed by atoms with Crippen LogP contribution in [0.3, 0.4) is 0 Å². The molecule has 3 aromatic rings. The lowest BCUT2D eigenvalue weighted by Crippen LogP contribution is -2.45. The summed E-state index contributed by atoms with van der Waals surface area (Å²) in [6.07, 6.45) is 2.02. The van der Waals surface area contributed by atoms with E-state index in [4.69, 9.17) is 14.1 Å². The Morgan fingerprint density at radius 2 is 2.23 bits per heavy atom. The first-order chi connectivity index (χ1) is 12.7. The third-order valence-corrected chi connectivity index (χ3v) is 5.94. The van der Waals surface area contributed by atoms with Gasteiger partial charge in [0.1, 0.15) is 10.5 Å². The van der Waals surface area contributed by atoms with E-state index < -0.39 is 0 Å². The van der Waals surface area contributed by atoms with E-state index in [0.29, 0.717) is 18.0 Å². The van der Waals surface area contributed by atoms with Crippen LogP contribution in [0.15, 0.2) is 28.1 Å². The number of rotatable bonds is 3. The van der Waals surface area contributed by atoms with Crippen LogP contribution in [0.2, 0.25) is 0 Å². The molecule has 0 spiro atoms. The summed E-state index contributed by atoms with van der Waals surface area (Å²) in [5.74, 6) is 0.421. The van der Waals surface area contributed by atoms with Gasteiger partial charge in [0.05, 0.1) is 18.3 Å². The second-order valence-electron chi connectivity index (χ2n) is 7.37. The van der Waals surface area contributed by atoms with Crippen molar-refractivity contribution in [2.75, 3.05) is 31.1 Å². The van der Waals surface area contributed by atoms with Crippen LogP contribution >= 0.6 is 11.3 Å². The molecule has 6 nitrogen and oxygen atoms in total. The van der Waals surface area contributed by atoms with Crippen molar-refractivity contribution in [2.24, 2.45) is 0 Å². The van der Waals surface area contributed by atoms with Gasteiger partial charge in [0.2, 0.25) is 0 Å². The van der Waals surface area contributed by atoms with Gasteiger partial charge < -0.3 is 19.4 Å². The van der Waals surface area contributed by atoms with Crippen LogP contribution in [0.4, 0.5) is 6.01 Å². The topological polar surface area (TPSA) is 63.4 Å². The molecule has 136 valence electrons. The number of aromatic nitrogens is 2. The lowest BCUT2D eigenvalue weighted by Gasteiger charge is -2.23. The molecule has 3 aliphatic rings. The molecule has 3 saturated heterocycles. The Kier molecular flexibility index (Phi) is 3.95.